The van der Waals surface area contributed by atoms with Crippen molar-refractivity contribution in [3.05, 3.63) is 132 Å². The molecule has 10 heteroatoms. The van der Waals surface area contributed by atoms with Gasteiger partial charge in [-0.2, -0.15) is 0 Å². The number of carbonyl (C=O) groups excluding carboxylic acids is 1. The molecule has 0 saturated carbocycles. The Balaban J connectivity index is 1.62. The maximum absolute atomic E-state index is 14.2. The van der Waals surface area contributed by atoms with Crippen LogP contribution in [0, 0.1) is 0 Å². The van der Waals surface area contributed by atoms with Gasteiger partial charge in [-0.25, -0.2) is 9.79 Å². The molecule has 8 nitrogen and oxygen atoms in total. The number of anilines is 1. The van der Waals surface area contributed by atoms with Crippen LogP contribution in [-0.4, -0.2) is 37.8 Å². The minimum absolute atomic E-state index is 0.209. The number of thiazole rings is 1. The molecule has 1 aliphatic heterocycles. The summed E-state index contributed by atoms with van der Waals surface area (Å²) in [6, 6.07) is 18.5. The van der Waals surface area contributed by atoms with Crippen molar-refractivity contribution < 1.29 is 19.0 Å². The molecule has 0 fully saturated rings. The summed E-state index contributed by atoms with van der Waals surface area (Å²) in [5.41, 5.74) is 5.01. The topological polar surface area (TPSA) is 82.4 Å². The van der Waals surface area contributed by atoms with Gasteiger partial charge in [0.05, 0.1) is 35.1 Å². The fraction of sp³-hybridized carbons (Fsp3) is 0.270. The van der Waals surface area contributed by atoms with Crippen molar-refractivity contribution in [2.75, 3.05) is 32.2 Å². The number of fused-ring (bicyclic) bond motifs is 1. The maximum atomic E-state index is 14.2. The third kappa shape index (κ3) is 7.37. The molecule has 2 heterocycles. The Morgan fingerprint density at radius 2 is 1.79 bits per heavy atom. The lowest BCUT2D eigenvalue weighted by atomic mass is 9.95. The van der Waals surface area contributed by atoms with Gasteiger partial charge in [0.2, 0.25) is 0 Å². The van der Waals surface area contributed by atoms with Gasteiger partial charge in [-0.1, -0.05) is 53.3 Å². The van der Waals surface area contributed by atoms with Gasteiger partial charge < -0.3 is 19.1 Å². The lowest BCUT2D eigenvalue weighted by molar-refractivity contribution is -0.139. The van der Waals surface area contributed by atoms with E-state index in [1.807, 2.05) is 92.7 Å². The van der Waals surface area contributed by atoms with Crippen LogP contribution in [-0.2, 0) is 22.6 Å². The fourth-order valence-electron chi connectivity index (χ4n) is 5.45. The van der Waals surface area contributed by atoms with E-state index in [2.05, 4.69) is 6.58 Å². The van der Waals surface area contributed by atoms with Gasteiger partial charge in [0.25, 0.3) is 5.56 Å². The number of hydrogen-bond donors (Lipinski definition) is 0. The van der Waals surface area contributed by atoms with Crippen molar-refractivity contribution in [1.29, 1.82) is 0 Å². The number of hydrogen-bond acceptors (Lipinski definition) is 8. The monoisotopic (exact) mass is 671 g/mol. The zero-order valence-electron chi connectivity index (χ0n) is 27.2. The molecule has 0 bridgehead atoms. The molecular weight excluding hydrogens is 634 g/mol. The van der Waals surface area contributed by atoms with Gasteiger partial charge in [0.15, 0.2) is 16.3 Å². The van der Waals surface area contributed by atoms with E-state index in [9.17, 15) is 9.59 Å². The van der Waals surface area contributed by atoms with Crippen LogP contribution in [0.2, 0.25) is 5.02 Å². The minimum atomic E-state index is -0.692. The lowest BCUT2D eigenvalue weighted by Crippen LogP contribution is -2.39. The lowest BCUT2D eigenvalue weighted by Gasteiger charge is -2.25. The molecular formula is C37H38ClN3O5S. The third-order valence-corrected chi connectivity index (χ3v) is 8.89. The molecule has 0 amide bonds. The highest BCUT2D eigenvalue weighted by atomic mass is 35.5. The van der Waals surface area contributed by atoms with Crippen molar-refractivity contribution in [2.45, 2.75) is 39.8 Å². The first kappa shape index (κ1) is 33.8. The van der Waals surface area contributed by atoms with Crippen LogP contribution in [0.3, 0.4) is 0 Å². The molecule has 0 aliphatic carbocycles. The van der Waals surface area contributed by atoms with Crippen LogP contribution < -0.4 is 29.3 Å². The molecule has 0 radical (unpaired) electrons. The van der Waals surface area contributed by atoms with E-state index in [0.29, 0.717) is 56.8 Å². The van der Waals surface area contributed by atoms with Gasteiger partial charge >= 0.3 is 5.97 Å². The molecule has 1 aliphatic rings. The first-order valence-electron chi connectivity index (χ1n) is 15.4. The Labute approximate surface area is 283 Å². The highest BCUT2D eigenvalue weighted by molar-refractivity contribution is 7.07. The molecule has 5 rings (SSSR count). The van der Waals surface area contributed by atoms with Gasteiger partial charge in [0.1, 0.15) is 6.61 Å². The summed E-state index contributed by atoms with van der Waals surface area (Å²) < 4.78 is 19.8. The minimum Gasteiger partial charge on any atom is -0.490 e. The first-order valence-corrected chi connectivity index (χ1v) is 16.6. The number of rotatable bonds is 12. The Hall–Kier alpha value is -4.60. The number of allylic oxidation sites excluding steroid dienone is 2. The number of nitrogens with zero attached hydrogens (tertiary/aromatic N) is 3. The predicted molar refractivity (Wildman–Crippen MR) is 188 cm³/mol. The molecule has 0 unspecified atom stereocenters. The number of benzene rings is 3. The van der Waals surface area contributed by atoms with E-state index in [4.69, 9.17) is 30.8 Å². The van der Waals surface area contributed by atoms with Crippen LogP contribution in [0.15, 0.2) is 94.4 Å². The molecule has 4 aromatic rings. The summed E-state index contributed by atoms with van der Waals surface area (Å²) in [6.07, 6.45) is 4.17. The summed E-state index contributed by atoms with van der Waals surface area (Å²) in [5, 5.41) is 0.659. The SMILES string of the molecule is C=CCc1cc(/C=c2/sc3n(c2=O)[C@@H](c2ccc(N(C)C)cc2)C(C(=O)OCC)=C(C)N=3)cc(OCC)c1OCc1ccc(Cl)cc1. The van der Waals surface area contributed by atoms with Crippen LogP contribution >= 0.6 is 22.9 Å². The van der Waals surface area contributed by atoms with Gasteiger partial charge in [0, 0.05) is 30.4 Å². The Bertz CT molecular complexity index is 1990. The second-order valence-corrected chi connectivity index (χ2v) is 12.6. The van der Waals surface area contributed by atoms with Gasteiger partial charge in [-0.15, -0.1) is 6.58 Å². The molecule has 3 aromatic carbocycles. The zero-order chi connectivity index (χ0) is 33.7. The standard InChI is InChI=1S/C37H38ClN3O5S/c1-7-10-27-19-25(20-30(44-8-2)34(27)46-22-24-11-15-28(38)16-12-24)21-31-35(42)41-33(26-13-17-29(18-14-26)40(5)6)32(36(43)45-9-3)23(4)39-37(41)47-31/h7,11-21,33H,1,8-10,22H2,2-6H3/b31-21+/t33-/m0/s1. The van der Waals surface area contributed by atoms with E-state index in [1.165, 1.54) is 11.3 Å². The van der Waals surface area contributed by atoms with Gasteiger partial charge in [-0.3, -0.25) is 9.36 Å². The number of esters is 1. The van der Waals surface area contributed by atoms with E-state index >= 15 is 0 Å². The van der Waals surface area contributed by atoms with Crippen LogP contribution in [0.1, 0.15) is 49.1 Å². The summed E-state index contributed by atoms with van der Waals surface area (Å²) >= 11 is 7.33. The molecule has 0 spiro atoms. The van der Waals surface area contributed by atoms with E-state index < -0.39 is 12.0 Å². The number of ether oxygens (including phenoxy) is 3. The summed E-state index contributed by atoms with van der Waals surface area (Å²) in [4.78, 5) is 34.7. The van der Waals surface area contributed by atoms with Crippen molar-refractivity contribution in [3.8, 4) is 11.5 Å². The summed E-state index contributed by atoms with van der Waals surface area (Å²) in [7, 11) is 3.92. The van der Waals surface area contributed by atoms with Crippen molar-refractivity contribution in [1.82, 2.24) is 4.57 Å². The molecule has 244 valence electrons. The van der Waals surface area contributed by atoms with Crippen LogP contribution in [0.4, 0.5) is 5.69 Å². The second kappa shape index (κ2) is 14.9. The molecule has 0 saturated heterocycles. The molecule has 0 N–H and O–H groups in total. The second-order valence-electron chi connectivity index (χ2n) is 11.1. The average Bonchev–Trinajstić information content (AvgIpc) is 3.34. The third-order valence-electron chi connectivity index (χ3n) is 7.65. The van der Waals surface area contributed by atoms with Crippen molar-refractivity contribution in [3.63, 3.8) is 0 Å². The largest absolute Gasteiger partial charge is 0.490 e. The number of halogens is 1. The van der Waals surface area contributed by atoms with E-state index in [1.54, 1.807) is 24.5 Å². The highest BCUT2D eigenvalue weighted by Crippen LogP contribution is 2.35. The van der Waals surface area contributed by atoms with E-state index in [0.717, 1.165) is 27.9 Å². The predicted octanol–water partition coefficient (Wildman–Crippen LogP) is 6.22. The molecule has 1 atom stereocenters. The number of carbonyl (C=O) groups is 1. The zero-order valence-corrected chi connectivity index (χ0v) is 28.8. The normalized spacial score (nSPS) is 14.3. The van der Waals surface area contributed by atoms with Crippen molar-refractivity contribution in [2.24, 2.45) is 4.99 Å². The Kier molecular flexibility index (Phi) is 10.7. The molecule has 1 aromatic heterocycles. The average molecular weight is 672 g/mol. The Morgan fingerprint density at radius 1 is 1.06 bits per heavy atom. The Morgan fingerprint density at radius 3 is 2.43 bits per heavy atom. The molecule has 47 heavy (non-hydrogen) atoms. The summed E-state index contributed by atoms with van der Waals surface area (Å²) in [6.45, 7) is 10.4. The highest BCUT2D eigenvalue weighted by Gasteiger charge is 2.33. The van der Waals surface area contributed by atoms with Crippen LogP contribution in [0.25, 0.3) is 6.08 Å². The summed E-state index contributed by atoms with van der Waals surface area (Å²) in [5.74, 6) is 0.699. The smallest absolute Gasteiger partial charge is 0.338 e. The van der Waals surface area contributed by atoms with E-state index in [-0.39, 0.29) is 12.2 Å². The fourth-order valence-corrected chi connectivity index (χ4v) is 6.62. The first-order chi connectivity index (χ1) is 22.6. The van der Waals surface area contributed by atoms with Gasteiger partial charge in [-0.05, 0) is 86.4 Å². The maximum Gasteiger partial charge on any atom is 0.338 e. The van der Waals surface area contributed by atoms with Crippen LogP contribution in [0.5, 0.6) is 11.5 Å². The van der Waals surface area contributed by atoms with Crippen molar-refractivity contribution >= 4 is 40.7 Å². The number of aromatic nitrogens is 1. The quantitative estimate of drug-likeness (QED) is 0.131.